The fourth-order valence-corrected chi connectivity index (χ4v) is 5.77. The van der Waals surface area contributed by atoms with E-state index in [0.717, 1.165) is 21.1 Å². The molecule has 1 amide bonds. The second-order valence-electron chi connectivity index (χ2n) is 12.6. The summed E-state index contributed by atoms with van der Waals surface area (Å²) >= 11 is 2.14. The number of ether oxygens (including phenoxy) is 5. The third kappa shape index (κ3) is 15.6. The average molecular weight is 841 g/mol. The maximum atomic E-state index is 12.8. The summed E-state index contributed by atoms with van der Waals surface area (Å²) in [5, 5.41) is 5.90. The summed E-state index contributed by atoms with van der Waals surface area (Å²) in [5.74, 6) is -0.374. The van der Waals surface area contributed by atoms with Crippen LogP contribution < -0.4 is 10.6 Å². The van der Waals surface area contributed by atoms with Crippen LogP contribution in [0.5, 0.6) is 0 Å². The van der Waals surface area contributed by atoms with Gasteiger partial charge < -0.3 is 34.3 Å². The number of amides is 1. The van der Waals surface area contributed by atoms with Crippen molar-refractivity contribution < 1.29 is 46.2 Å². The molecule has 0 saturated heterocycles. The van der Waals surface area contributed by atoms with Gasteiger partial charge in [0.2, 0.25) is 0 Å². The minimum absolute atomic E-state index is 0.0296. The predicted octanol–water partition coefficient (Wildman–Crippen LogP) is 5.55. The number of alkyl halides is 1. The highest BCUT2D eigenvalue weighted by Crippen LogP contribution is 2.44. The number of carbonyl (C=O) groups excluding carboxylic acids is 2. The highest BCUT2D eigenvalue weighted by molar-refractivity contribution is 14.1. The predicted molar refractivity (Wildman–Crippen MR) is 203 cm³/mol. The van der Waals surface area contributed by atoms with E-state index in [9.17, 15) is 18.0 Å². The second kappa shape index (κ2) is 21.4. The molecule has 0 heterocycles. The van der Waals surface area contributed by atoms with Crippen molar-refractivity contribution >= 4 is 44.8 Å². The summed E-state index contributed by atoms with van der Waals surface area (Å²) in [6.45, 7) is 10.7. The molecule has 4 rings (SSSR count). The van der Waals surface area contributed by atoms with Crippen molar-refractivity contribution in [2.45, 2.75) is 50.2 Å². The summed E-state index contributed by atoms with van der Waals surface area (Å²) in [4.78, 5) is 24.6. The van der Waals surface area contributed by atoms with E-state index in [1.54, 1.807) is 12.1 Å². The molecule has 0 aromatic heterocycles. The molecule has 0 unspecified atom stereocenters. The highest BCUT2D eigenvalue weighted by atomic mass is 127. The first-order chi connectivity index (χ1) is 24.3. The van der Waals surface area contributed by atoms with Gasteiger partial charge in [0.25, 0.3) is 10.1 Å². The van der Waals surface area contributed by atoms with Gasteiger partial charge in [-0.1, -0.05) is 88.8 Å². The molecule has 1 atom stereocenters. The van der Waals surface area contributed by atoms with Gasteiger partial charge >= 0.3 is 12.1 Å². The molecular weight excluding hydrogens is 791 g/mol. The summed E-state index contributed by atoms with van der Waals surface area (Å²) in [6, 6.07) is 22.0. The van der Waals surface area contributed by atoms with Crippen LogP contribution in [0.1, 0.15) is 43.4 Å². The minimum Gasteiger partial charge on any atom is -0.464 e. The van der Waals surface area contributed by atoms with Crippen LogP contribution in [-0.4, -0.2) is 100 Å². The van der Waals surface area contributed by atoms with Gasteiger partial charge in [-0.2, -0.15) is 8.42 Å². The molecular formula is C37H49IN2O10S. The molecule has 0 fully saturated rings. The number of hydrogen-bond acceptors (Lipinski definition) is 10. The van der Waals surface area contributed by atoms with Gasteiger partial charge in [0.1, 0.15) is 13.2 Å². The summed E-state index contributed by atoms with van der Waals surface area (Å²) in [7, 11) is -4.02. The van der Waals surface area contributed by atoms with E-state index in [2.05, 4.69) is 57.5 Å². The SMILES string of the molecule is CC(C)(C)OCCOCCOC[C@@H](CNCC(=O)OCCI)NC(=O)OCC1c2ccccc2-c2ccccc21.Cc1ccc(S(=O)(=O)O)cc1. The standard InChI is InChI=1S/C30H41IN2O7.C7H8O3S/c1-30(2,3)40-17-16-36-14-15-37-20-22(18-32-19-28(34)38-13-12-31)33-29(35)39-21-27-25-10-6-4-8-23(25)24-9-5-7-11-26(24)27;1-6-2-4-7(5-3-6)11(8,9)10/h4-11,22,27,32H,12-21H2,1-3H3,(H,33,35);2-5H,1H3,(H,8,9,10)/t22-;/m1./s1. The molecule has 0 saturated carbocycles. The van der Waals surface area contributed by atoms with E-state index >= 15 is 0 Å². The van der Waals surface area contributed by atoms with E-state index in [1.807, 2.05) is 52.0 Å². The average Bonchev–Trinajstić information content (AvgIpc) is 3.40. The van der Waals surface area contributed by atoms with E-state index in [-0.39, 0.29) is 42.1 Å². The topological polar surface area (TPSA) is 159 Å². The van der Waals surface area contributed by atoms with Crippen LogP contribution in [-0.2, 0) is 38.6 Å². The zero-order chi connectivity index (χ0) is 37.3. The Labute approximate surface area is 314 Å². The highest BCUT2D eigenvalue weighted by Gasteiger charge is 2.29. The van der Waals surface area contributed by atoms with Crippen LogP contribution in [0.15, 0.2) is 77.7 Å². The summed E-state index contributed by atoms with van der Waals surface area (Å²) < 4.78 is 58.0. The Morgan fingerprint density at radius 1 is 0.843 bits per heavy atom. The van der Waals surface area contributed by atoms with Crippen molar-refractivity contribution in [1.29, 1.82) is 0 Å². The molecule has 1 aliphatic rings. The summed E-state index contributed by atoms with van der Waals surface area (Å²) in [6.07, 6.45) is -0.541. The zero-order valence-corrected chi connectivity index (χ0v) is 32.5. The van der Waals surface area contributed by atoms with Gasteiger partial charge in [-0.05, 0) is 62.1 Å². The molecule has 14 heteroatoms. The molecule has 12 nitrogen and oxygen atoms in total. The van der Waals surface area contributed by atoms with Crippen LogP contribution in [0.3, 0.4) is 0 Å². The number of fused-ring (bicyclic) bond motifs is 3. The van der Waals surface area contributed by atoms with E-state index < -0.39 is 22.3 Å². The van der Waals surface area contributed by atoms with E-state index in [1.165, 1.54) is 23.3 Å². The lowest BCUT2D eigenvalue weighted by molar-refractivity contribution is -0.141. The van der Waals surface area contributed by atoms with Crippen molar-refractivity contribution in [3.63, 3.8) is 0 Å². The number of esters is 1. The monoisotopic (exact) mass is 840 g/mol. The lowest BCUT2D eigenvalue weighted by Gasteiger charge is -2.21. The molecule has 280 valence electrons. The molecule has 0 bridgehead atoms. The number of halogens is 1. The number of hydrogen-bond donors (Lipinski definition) is 3. The number of nitrogens with one attached hydrogen (secondary N) is 2. The summed E-state index contributed by atoms with van der Waals surface area (Å²) in [5.41, 5.74) is 5.39. The van der Waals surface area contributed by atoms with Crippen molar-refractivity contribution in [2.75, 3.05) is 63.8 Å². The van der Waals surface area contributed by atoms with Crippen molar-refractivity contribution in [2.24, 2.45) is 0 Å². The third-order valence-corrected chi connectivity index (χ3v) is 8.75. The zero-order valence-electron chi connectivity index (χ0n) is 29.6. The second-order valence-corrected chi connectivity index (χ2v) is 15.1. The molecule has 3 aromatic carbocycles. The number of aryl methyl sites for hydroxylation is 1. The fraction of sp³-hybridized carbons (Fsp3) is 0.459. The molecule has 3 N–H and O–H groups in total. The van der Waals surface area contributed by atoms with Crippen LogP contribution >= 0.6 is 22.6 Å². The maximum Gasteiger partial charge on any atom is 0.407 e. The Hall–Kier alpha value is -3.12. The number of benzene rings is 3. The number of carbonyl (C=O) groups is 2. The minimum atomic E-state index is -4.02. The van der Waals surface area contributed by atoms with Crippen LogP contribution in [0.2, 0.25) is 0 Å². The Morgan fingerprint density at radius 3 is 2.02 bits per heavy atom. The Bertz CT molecular complexity index is 1590. The van der Waals surface area contributed by atoms with E-state index in [0.29, 0.717) is 39.6 Å². The van der Waals surface area contributed by atoms with Gasteiger partial charge in [0.05, 0.1) is 56.1 Å². The van der Waals surface area contributed by atoms with Crippen molar-refractivity contribution in [3.05, 3.63) is 89.5 Å². The molecule has 0 aliphatic heterocycles. The van der Waals surface area contributed by atoms with Gasteiger partial charge in [0, 0.05) is 16.9 Å². The largest absolute Gasteiger partial charge is 0.464 e. The number of alkyl carbamates (subject to hydrolysis) is 1. The Kier molecular flexibility index (Phi) is 17.8. The van der Waals surface area contributed by atoms with Gasteiger partial charge in [-0.3, -0.25) is 9.35 Å². The quantitative estimate of drug-likeness (QED) is 0.0485. The number of rotatable bonds is 18. The molecule has 3 aromatic rings. The molecule has 51 heavy (non-hydrogen) atoms. The lowest BCUT2D eigenvalue weighted by Crippen LogP contribution is -2.46. The first-order valence-corrected chi connectivity index (χ1v) is 19.6. The van der Waals surface area contributed by atoms with E-state index in [4.69, 9.17) is 28.2 Å². The van der Waals surface area contributed by atoms with Crippen LogP contribution in [0, 0.1) is 6.92 Å². The molecule has 1 aliphatic carbocycles. The fourth-order valence-electron chi connectivity index (χ4n) is 5.07. The van der Waals surface area contributed by atoms with Crippen LogP contribution in [0.4, 0.5) is 4.79 Å². The Balaban J connectivity index is 0.000000542. The Morgan fingerprint density at radius 2 is 1.43 bits per heavy atom. The maximum absolute atomic E-state index is 12.8. The smallest absolute Gasteiger partial charge is 0.407 e. The molecule has 0 radical (unpaired) electrons. The first kappa shape index (κ1) is 42.3. The normalized spacial score (nSPS) is 13.0. The van der Waals surface area contributed by atoms with Gasteiger partial charge in [-0.15, -0.1) is 0 Å². The van der Waals surface area contributed by atoms with Crippen molar-refractivity contribution in [3.8, 4) is 11.1 Å². The van der Waals surface area contributed by atoms with Crippen molar-refractivity contribution in [1.82, 2.24) is 10.6 Å². The van der Waals surface area contributed by atoms with Gasteiger partial charge in [0.15, 0.2) is 0 Å². The molecule has 0 spiro atoms. The van der Waals surface area contributed by atoms with Gasteiger partial charge in [-0.25, -0.2) is 4.79 Å². The first-order valence-electron chi connectivity index (χ1n) is 16.7. The third-order valence-electron chi connectivity index (χ3n) is 7.44. The van der Waals surface area contributed by atoms with Crippen LogP contribution in [0.25, 0.3) is 11.1 Å². The lowest BCUT2D eigenvalue weighted by atomic mass is 9.98.